The minimum Gasteiger partial charge on any atom is -0.318 e. The maximum atomic E-state index is 12.5. The van der Waals surface area contributed by atoms with Gasteiger partial charge in [-0.3, -0.25) is 19.3 Å². The summed E-state index contributed by atoms with van der Waals surface area (Å²) in [5, 5.41) is 3.13. The molecular weight excluding hydrogens is 508 g/mol. The van der Waals surface area contributed by atoms with Crippen LogP contribution in [0.25, 0.3) is 0 Å². The number of nitrogens with zero attached hydrogens (tertiary/aromatic N) is 3. The summed E-state index contributed by atoms with van der Waals surface area (Å²) >= 11 is 10.7. The molecule has 1 heterocycles. The van der Waals surface area contributed by atoms with Crippen LogP contribution in [0, 0.1) is 10.8 Å². The van der Waals surface area contributed by atoms with Gasteiger partial charge < -0.3 is 15.1 Å². The molecule has 1 aliphatic rings. The van der Waals surface area contributed by atoms with Gasteiger partial charge in [-0.1, -0.05) is 59.1 Å². The minimum absolute atomic E-state index is 0.0522. The number of nitrogens with one attached hydrogen (secondary N) is 1. The summed E-state index contributed by atoms with van der Waals surface area (Å²) in [5.74, 6) is 0.276. The van der Waals surface area contributed by atoms with Gasteiger partial charge in [0.15, 0.2) is 0 Å². The number of carbonyl (C=O) groups excluding carboxylic acids is 4. The highest BCUT2D eigenvalue weighted by molar-refractivity contribution is 7.80. The summed E-state index contributed by atoms with van der Waals surface area (Å²) in [5.41, 5.74) is -0.480. The lowest BCUT2D eigenvalue weighted by molar-refractivity contribution is -0.121. The van der Waals surface area contributed by atoms with Gasteiger partial charge in [0, 0.05) is 51.9 Å². The Hall–Kier alpha value is -1.78. The molecule has 0 radical (unpaired) electrons. The number of likely N-dealkylation sites (N-methyl/N-ethyl adjacent to an activating group) is 2. The van der Waals surface area contributed by atoms with E-state index in [4.69, 9.17) is 24.4 Å². The van der Waals surface area contributed by atoms with E-state index < -0.39 is 0 Å². The Morgan fingerprint density at radius 1 is 1.03 bits per heavy atom. The van der Waals surface area contributed by atoms with Crippen molar-refractivity contribution in [3.63, 3.8) is 0 Å². The first-order valence-electron chi connectivity index (χ1n) is 13.3. The molecule has 0 saturated carbocycles. The van der Waals surface area contributed by atoms with Crippen molar-refractivity contribution in [3.8, 4) is 0 Å². The number of hydrogen-bond donors (Lipinski definition) is 1. The molecule has 0 spiro atoms. The number of carbonyl (C=O) groups is 4. The summed E-state index contributed by atoms with van der Waals surface area (Å²) in [6.07, 6.45) is 4.22. The number of hydrogen-bond acceptors (Lipinski definition) is 7. The molecule has 0 atom stereocenters. The molecule has 1 rings (SSSR count). The van der Waals surface area contributed by atoms with Gasteiger partial charge in [0.05, 0.1) is 11.5 Å². The maximum Gasteiger partial charge on any atom is 0.325 e. The molecule has 3 amide bonds. The van der Waals surface area contributed by atoms with Gasteiger partial charge in [-0.2, -0.15) is 0 Å². The second-order valence-corrected chi connectivity index (χ2v) is 12.4. The molecule has 0 aromatic carbocycles. The van der Waals surface area contributed by atoms with Gasteiger partial charge in [0.2, 0.25) is 6.41 Å². The van der Waals surface area contributed by atoms with Crippen molar-refractivity contribution in [2.75, 3.05) is 39.3 Å². The zero-order chi connectivity index (χ0) is 28.2. The lowest BCUT2D eigenvalue weighted by Crippen LogP contribution is -2.41. The summed E-state index contributed by atoms with van der Waals surface area (Å²) in [4.78, 5) is 54.9. The van der Waals surface area contributed by atoms with E-state index in [1.807, 2.05) is 27.7 Å². The van der Waals surface area contributed by atoms with Crippen molar-refractivity contribution in [3.05, 3.63) is 0 Å². The van der Waals surface area contributed by atoms with E-state index in [1.54, 1.807) is 9.80 Å². The van der Waals surface area contributed by atoms with Gasteiger partial charge in [-0.15, -0.1) is 0 Å². The molecule has 0 aromatic heterocycles. The molecule has 8 nitrogen and oxygen atoms in total. The highest BCUT2D eigenvalue weighted by Crippen LogP contribution is 2.28. The van der Waals surface area contributed by atoms with E-state index in [-0.39, 0.29) is 28.4 Å². The van der Waals surface area contributed by atoms with Crippen molar-refractivity contribution in [1.29, 1.82) is 0 Å². The third-order valence-electron chi connectivity index (χ3n) is 6.74. The lowest BCUT2D eigenvalue weighted by atomic mass is 9.85. The van der Waals surface area contributed by atoms with Crippen LogP contribution in [-0.4, -0.2) is 88.0 Å². The first kappa shape index (κ1) is 33.2. The molecule has 1 N–H and O–H groups in total. The summed E-state index contributed by atoms with van der Waals surface area (Å²) in [7, 11) is 0. The average Bonchev–Trinajstić information content (AvgIpc) is 3.10. The molecule has 10 heteroatoms. The van der Waals surface area contributed by atoms with Crippen LogP contribution in [0.5, 0.6) is 0 Å². The van der Waals surface area contributed by atoms with Crippen LogP contribution in [-0.2, 0) is 14.4 Å². The third-order valence-corrected chi connectivity index (χ3v) is 7.47. The van der Waals surface area contributed by atoms with Crippen LogP contribution in [0.15, 0.2) is 0 Å². The van der Waals surface area contributed by atoms with E-state index in [2.05, 4.69) is 19.2 Å². The number of thiocarbonyl (C=S) groups is 2. The Labute approximate surface area is 233 Å². The van der Waals surface area contributed by atoms with E-state index in [0.29, 0.717) is 87.6 Å². The van der Waals surface area contributed by atoms with Gasteiger partial charge in [0.1, 0.15) is 16.6 Å². The van der Waals surface area contributed by atoms with Crippen LogP contribution in [0.1, 0.15) is 86.5 Å². The Bertz CT molecular complexity index is 844. The number of rotatable bonds is 19. The van der Waals surface area contributed by atoms with Crippen molar-refractivity contribution in [1.82, 2.24) is 20.0 Å². The highest BCUT2D eigenvalue weighted by Gasteiger charge is 2.35. The molecule has 0 aromatic rings. The fourth-order valence-corrected chi connectivity index (χ4v) is 4.76. The van der Waals surface area contributed by atoms with Crippen LogP contribution in [0.3, 0.4) is 0 Å². The molecule has 37 heavy (non-hydrogen) atoms. The first-order valence-corrected chi connectivity index (χ1v) is 14.1. The zero-order valence-corrected chi connectivity index (χ0v) is 25.2. The van der Waals surface area contributed by atoms with E-state index in [1.165, 1.54) is 4.90 Å². The van der Waals surface area contributed by atoms with Gasteiger partial charge in [-0.05, 0) is 43.6 Å². The number of amides is 3. The fraction of sp³-hybridized carbons (Fsp3) is 0.778. The van der Waals surface area contributed by atoms with Crippen molar-refractivity contribution in [2.45, 2.75) is 86.5 Å². The number of ketones is 2. The zero-order valence-electron chi connectivity index (χ0n) is 23.6. The molecule has 210 valence electrons. The smallest absolute Gasteiger partial charge is 0.318 e. The summed E-state index contributed by atoms with van der Waals surface area (Å²) in [6, 6.07) is -0.0522. The topological polar surface area (TPSA) is 90.0 Å². The lowest BCUT2D eigenvalue weighted by Gasteiger charge is -2.30. The minimum atomic E-state index is -0.249. The molecule has 0 bridgehead atoms. The Morgan fingerprint density at radius 2 is 1.59 bits per heavy atom. The largest absolute Gasteiger partial charge is 0.325 e. The van der Waals surface area contributed by atoms with Crippen LogP contribution in [0.2, 0.25) is 0 Å². The molecule has 1 saturated heterocycles. The van der Waals surface area contributed by atoms with E-state index in [0.717, 1.165) is 13.0 Å². The fourth-order valence-electron chi connectivity index (χ4n) is 4.25. The molecule has 1 aliphatic heterocycles. The van der Waals surface area contributed by atoms with E-state index in [9.17, 15) is 19.2 Å². The van der Waals surface area contributed by atoms with Gasteiger partial charge >= 0.3 is 6.03 Å². The quantitative estimate of drug-likeness (QED) is 0.187. The van der Waals surface area contributed by atoms with Crippen molar-refractivity contribution < 1.29 is 19.2 Å². The summed E-state index contributed by atoms with van der Waals surface area (Å²) < 4.78 is 0. The monoisotopic (exact) mass is 554 g/mol. The first-order chi connectivity index (χ1) is 17.2. The Kier molecular flexibility index (Phi) is 14.0. The number of urea groups is 1. The Morgan fingerprint density at radius 3 is 2.08 bits per heavy atom. The molecule has 1 fully saturated rings. The van der Waals surface area contributed by atoms with Crippen LogP contribution < -0.4 is 5.32 Å². The van der Waals surface area contributed by atoms with Gasteiger partial charge in [0.25, 0.3) is 0 Å². The number of Topliss-reactive ketones (excluding diaryl/α,β-unsaturated/α-hetero) is 2. The normalized spacial score (nSPS) is 14.3. The second-order valence-electron chi connectivity index (χ2n) is 11.4. The SMILES string of the molecule is CCNCC(=S)N(C=O)CC(C)(C)CCC(=O)CCCC(=O)CCC(C)(C)CN1C(=O)N(CC)CC1=S. The molecule has 0 aliphatic carbocycles. The maximum absolute atomic E-state index is 12.5. The standard InChI is InChI=1S/C27H46N4O4S2/c1-7-28-16-23(36)30(20-32)18-26(3,4)14-12-21(33)10-9-11-22(34)13-15-27(5,6)19-31-24(37)17-29(8-2)25(31)35/h20,28H,7-19H2,1-6H3. The second kappa shape index (κ2) is 15.6. The third kappa shape index (κ3) is 12.1. The molecular formula is C27H46N4O4S2. The van der Waals surface area contributed by atoms with Crippen LogP contribution in [0.4, 0.5) is 4.79 Å². The highest BCUT2D eigenvalue weighted by atomic mass is 32.1. The Balaban J connectivity index is 2.35. The molecule has 0 unspecified atom stereocenters. The summed E-state index contributed by atoms with van der Waals surface area (Å²) in [6.45, 7) is 15.4. The van der Waals surface area contributed by atoms with Crippen molar-refractivity contribution >= 4 is 58.4 Å². The van der Waals surface area contributed by atoms with Gasteiger partial charge in [-0.25, -0.2) is 4.79 Å². The van der Waals surface area contributed by atoms with Crippen LogP contribution >= 0.6 is 24.4 Å². The van der Waals surface area contributed by atoms with E-state index >= 15 is 0 Å². The van der Waals surface area contributed by atoms with Crippen molar-refractivity contribution in [2.24, 2.45) is 10.8 Å². The predicted octanol–water partition coefficient (Wildman–Crippen LogP) is 4.39. The predicted molar refractivity (Wildman–Crippen MR) is 156 cm³/mol. The average molecular weight is 555 g/mol.